The lowest BCUT2D eigenvalue weighted by molar-refractivity contribution is -0.129. The number of nitriles is 1. The lowest BCUT2D eigenvalue weighted by Gasteiger charge is -2.30. The van der Waals surface area contributed by atoms with E-state index in [9.17, 15) is 19.6 Å². The summed E-state index contributed by atoms with van der Waals surface area (Å²) in [6.45, 7) is 0. The van der Waals surface area contributed by atoms with Crippen molar-refractivity contribution in [3.8, 4) is 6.07 Å². The second-order valence-corrected chi connectivity index (χ2v) is 10.4. The number of piperidine rings is 1. The van der Waals surface area contributed by atoms with Gasteiger partial charge in [0.05, 0.1) is 16.6 Å². The summed E-state index contributed by atoms with van der Waals surface area (Å²) < 4.78 is 0. The number of aromatic amines is 1. The fourth-order valence-electron chi connectivity index (χ4n) is 4.85. The van der Waals surface area contributed by atoms with Crippen LogP contribution in [0.15, 0.2) is 24.3 Å². The Morgan fingerprint density at radius 2 is 1.97 bits per heavy atom. The molecule has 2 unspecified atom stereocenters. The van der Waals surface area contributed by atoms with Crippen LogP contribution in [-0.4, -0.2) is 40.3 Å². The molecule has 3 amide bonds. The van der Waals surface area contributed by atoms with Crippen molar-refractivity contribution >= 4 is 40.2 Å². The summed E-state index contributed by atoms with van der Waals surface area (Å²) in [6.07, 6.45) is 6.53. The van der Waals surface area contributed by atoms with Crippen LogP contribution in [0.2, 0.25) is 5.02 Å². The topological polar surface area (TPSA) is 127 Å². The van der Waals surface area contributed by atoms with E-state index in [1.54, 1.807) is 12.1 Å². The van der Waals surface area contributed by atoms with Crippen molar-refractivity contribution < 1.29 is 14.4 Å². The zero-order valence-electron chi connectivity index (χ0n) is 18.8. The van der Waals surface area contributed by atoms with E-state index in [1.807, 2.05) is 12.1 Å². The Kier molecular flexibility index (Phi) is 5.98. The number of nitrogens with one attached hydrogen (secondary N) is 4. The molecule has 178 valence electrons. The van der Waals surface area contributed by atoms with Crippen molar-refractivity contribution in [1.29, 1.82) is 5.26 Å². The Morgan fingerprint density at radius 3 is 2.62 bits per heavy atom. The van der Waals surface area contributed by atoms with Crippen LogP contribution in [0.4, 0.5) is 0 Å². The molecule has 2 aliphatic carbocycles. The average molecular weight is 482 g/mol. The first-order valence-electron chi connectivity index (χ1n) is 12.0. The molecular formula is C25H28ClN5O3. The van der Waals surface area contributed by atoms with E-state index in [4.69, 9.17) is 11.6 Å². The highest BCUT2D eigenvalue weighted by molar-refractivity contribution is 6.35. The number of H-pyrrole nitrogens is 1. The molecule has 1 aromatic carbocycles. The van der Waals surface area contributed by atoms with Crippen LogP contribution < -0.4 is 16.0 Å². The van der Waals surface area contributed by atoms with Gasteiger partial charge in [0, 0.05) is 16.8 Å². The van der Waals surface area contributed by atoms with Gasteiger partial charge >= 0.3 is 0 Å². The molecular weight excluding hydrogens is 454 g/mol. The first-order valence-corrected chi connectivity index (χ1v) is 12.3. The summed E-state index contributed by atoms with van der Waals surface area (Å²) in [6, 6.07) is 7.68. The number of fused-ring (bicyclic) bond motifs is 1. The van der Waals surface area contributed by atoms with Gasteiger partial charge in [-0.15, -0.1) is 0 Å². The predicted octanol–water partition coefficient (Wildman–Crippen LogP) is 3.18. The van der Waals surface area contributed by atoms with Gasteiger partial charge in [-0.1, -0.05) is 36.6 Å². The minimum Gasteiger partial charge on any atom is -0.350 e. The van der Waals surface area contributed by atoms with Gasteiger partial charge in [0.25, 0.3) is 5.91 Å². The summed E-state index contributed by atoms with van der Waals surface area (Å²) >= 11 is 6.20. The van der Waals surface area contributed by atoms with E-state index in [-0.39, 0.29) is 23.8 Å². The van der Waals surface area contributed by atoms with Crippen LogP contribution in [0, 0.1) is 23.2 Å². The molecule has 1 aliphatic heterocycles. The second kappa shape index (κ2) is 8.95. The van der Waals surface area contributed by atoms with Crippen molar-refractivity contribution in [3.05, 3.63) is 35.0 Å². The maximum absolute atomic E-state index is 13.1. The van der Waals surface area contributed by atoms with Gasteiger partial charge in [-0.3, -0.25) is 14.4 Å². The molecule has 2 saturated carbocycles. The molecule has 8 nitrogen and oxygen atoms in total. The average Bonchev–Trinajstić information content (AvgIpc) is 3.73. The highest BCUT2D eigenvalue weighted by Crippen LogP contribution is 2.44. The lowest BCUT2D eigenvalue weighted by Crippen LogP contribution is -2.51. The normalized spacial score (nSPS) is 22.5. The molecule has 1 saturated heterocycles. The number of amides is 3. The molecule has 1 aromatic heterocycles. The quantitative estimate of drug-likeness (QED) is 0.461. The molecule has 4 N–H and O–H groups in total. The van der Waals surface area contributed by atoms with E-state index < -0.39 is 23.9 Å². The van der Waals surface area contributed by atoms with Crippen LogP contribution in [0.1, 0.15) is 61.9 Å². The van der Waals surface area contributed by atoms with Gasteiger partial charge in [-0.05, 0) is 56.6 Å². The molecule has 3 aliphatic rings. The number of para-hydroxylation sites is 1. The molecule has 9 heteroatoms. The van der Waals surface area contributed by atoms with Crippen LogP contribution in [-0.2, 0) is 9.59 Å². The smallest absolute Gasteiger partial charge is 0.268 e. The van der Waals surface area contributed by atoms with Gasteiger partial charge in [0.1, 0.15) is 17.8 Å². The van der Waals surface area contributed by atoms with E-state index in [1.165, 1.54) is 0 Å². The zero-order valence-corrected chi connectivity index (χ0v) is 19.6. The maximum Gasteiger partial charge on any atom is 0.268 e. The number of hydrogen-bond acceptors (Lipinski definition) is 4. The summed E-state index contributed by atoms with van der Waals surface area (Å²) in [7, 11) is 0. The molecule has 2 heterocycles. The van der Waals surface area contributed by atoms with Crippen molar-refractivity contribution in [2.24, 2.45) is 11.8 Å². The second-order valence-electron chi connectivity index (χ2n) is 10.0. The number of carbonyl (C=O) groups is 3. The standard InChI is InChI=1S/C25H28ClN5O3/c26-18-3-1-2-15-12-20(29-21(15)18)24(34)30-19(10-14-4-5-14)23(33)28-17(13-27)11-16-6-7-25(8-9-25)31-22(16)32/h1-3,12,14,16-17,19,29H,4-11H2,(H,28,33)(H,30,34)(H,31,32)/t16-,17?,19?/m0/s1. The van der Waals surface area contributed by atoms with Crippen molar-refractivity contribution in [2.45, 2.75) is 69.0 Å². The fourth-order valence-corrected chi connectivity index (χ4v) is 5.08. The zero-order chi connectivity index (χ0) is 23.9. The fraction of sp³-hybridized carbons (Fsp3) is 0.520. The number of rotatable bonds is 8. The number of benzene rings is 1. The number of halogens is 1. The molecule has 3 fully saturated rings. The van der Waals surface area contributed by atoms with Gasteiger partial charge < -0.3 is 20.9 Å². The van der Waals surface area contributed by atoms with Crippen molar-refractivity contribution in [1.82, 2.24) is 20.9 Å². The predicted molar refractivity (Wildman–Crippen MR) is 127 cm³/mol. The Hall–Kier alpha value is -3.05. The van der Waals surface area contributed by atoms with E-state index in [0.717, 1.165) is 43.9 Å². The van der Waals surface area contributed by atoms with Gasteiger partial charge in [-0.2, -0.15) is 5.26 Å². The molecule has 2 aromatic rings. The molecule has 0 radical (unpaired) electrons. The molecule has 0 bridgehead atoms. The number of nitrogens with zero attached hydrogens (tertiary/aromatic N) is 1. The van der Waals surface area contributed by atoms with E-state index in [0.29, 0.717) is 28.6 Å². The first kappa shape index (κ1) is 22.7. The SMILES string of the molecule is N#CC(C[C@@H]1CCC2(CC2)NC1=O)NC(=O)C(CC1CC1)NC(=O)c1cc2cccc(Cl)c2[nH]1. The summed E-state index contributed by atoms with van der Waals surface area (Å²) in [4.78, 5) is 41.5. The third-order valence-electron chi connectivity index (χ3n) is 7.31. The summed E-state index contributed by atoms with van der Waals surface area (Å²) in [5.41, 5.74) is 0.980. The van der Waals surface area contributed by atoms with E-state index >= 15 is 0 Å². The van der Waals surface area contributed by atoms with Gasteiger partial charge in [0.15, 0.2) is 0 Å². The number of hydrogen-bond donors (Lipinski definition) is 4. The molecule has 3 atom stereocenters. The Morgan fingerprint density at radius 1 is 1.18 bits per heavy atom. The Bertz CT molecular complexity index is 1180. The third-order valence-corrected chi connectivity index (χ3v) is 7.63. The minimum absolute atomic E-state index is 0.00847. The maximum atomic E-state index is 13.1. The monoisotopic (exact) mass is 481 g/mol. The Labute approximate surface area is 202 Å². The summed E-state index contributed by atoms with van der Waals surface area (Å²) in [5.74, 6) is -0.728. The van der Waals surface area contributed by atoms with E-state index in [2.05, 4.69) is 27.0 Å². The van der Waals surface area contributed by atoms with Gasteiger partial charge in [0.2, 0.25) is 11.8 Å². The Balaban J connectivity index is 1.23. The highest BCUT2D eigenvalue weighted by atomic mass is 35.5. The number of aromatic nitrogens is 1. The van der Waals surface area contributed by atoms with Crippen LogP contribution in [0.3, 0.4) is 0 Å². The lowest BCUT2D eigenvalue weighted by atomic mass is 9.87. The number of carbonyl (C=O) groups excluding carboxylic acids is 3. The van der Waals surface area contributed by atoms with Crippen molar-refractivity contribution in [3.63, 3.8) is 0 Å². The molecule has 34 heavy (non-hydrogen) atoms. The summed E-state index contributed by atoms with van der Waals surface area (Å²) in [5, 5.41) is 19.7. The molecule has 1 spiro atoms. The largest absolute Gasteiger partial charge is 0.350 e. The minimum atomic E-state index is -0.790. The first-order chi connectivity index (χ1) is 16.4. The molecule has 5 rings (SSSR count). The van der Waals surface area contributed by atoms with Crippen molar-refractivity contribution in [2.75, 3.05) is 0 Å². The van der Waals surface area contributed by atoms with Crippen LogP contribution >= 0.6 is 11.6 Å². The highest BCUT2D eigenvalue weighted by Gasteiger charge is 2.48. The van der Waals surface area contributed by atoms with Crippen LogP contribution in [0.25, 0.3) is 10.9 Å². The third kappa shape index (κ3) is 4.90. The van der Waals surface area contributed by atoms with Crippen LogP contribution in [0.5, 0.6) is 0 Å². The van der Waals surface area contributed by atoms with Gasteiger partial charge in [-0.25, -0.2) is 0 Å².